The van der Waals surface area contributed by atoms with E-state index in [4.69, 9.17) is 9.47 Å². The Hall–Kier alpha value is -1.09. The number of guanidine groups is 1. The van der Waals surface area contributed by atoms with E-state index in [1.54, 1.807) is 6.07 Å². The number of halogens is 2. The topological polar surface area (TPSA) is 46.1 Å². The van der Waals surface area contributed by atoms with Crippen molar-refractivity contribution in [1.29, 1.82) is 0 Å². The summed E-state index contributed by atoms with van der Waals surface area (Å²) in [4.78, 5) is 6.82. The summed E-state index contributed by atoms with van der Waals surface area (Å²) in [6.07, 6.45) is 3.43. The van der Waals surface area contributed by atoms with E-state index in [1.165, 1.54) is 6.07 Å². The number of hydrogen-bond acceptors (Lipinski definition) is 3. The second-order valence-corrected chi connectivity index (χ2v) is 6.63. The lowest BCUT2D eigenvalue weighted by Crippen LogP contribution is -2.40. The Morgan fingerprint density at radius 1 is 1.33 bits per heavy atom. The van der Waals surface area contributed by atoms with E-state index in [0.717, 1.165) is 63.0 Å². The predicted molar refractivity (Wildman–Crippen MR) is 119 cm³/mol. The predicted octanol–water partition coefficient (Wildman–Crippen LogP) is 4.06. The highest BCUT2D eigenvalue weighted by atomic mass is 127. The van der Waals surface area contributed by atoms with Gasteiger partial charge in [-0.1, -0.05) is 6.07 Å². The summed E-state index contributed by atoms with van der Waals surface area (Å²) < 4.78 is 24.7. The number of aliphatic imine (C=N–C) groups is 1. The fraction of sp³-hybridized carbons (Fsp3) is 0.650. The highest BCUT2D eigenvalue weighted by molar-refractivity contribution is 14.0. The Labute approximate surface area is 179 Å². The zero-order valence-corrected chi connectivity index (χ0v) is 19.0. The van der Waals surface area contributed by atoms with Crippen molar-refractivity contribution in [3.63, 3.8) is 0 Å². The van der Waals surface area contributed by atoms with Gasteiger partial charge in [-0.05, 0) is 56.7 Å². The normalized spacial score (nSPS) is 15.2. The second kappa shape index (κ2) is 13.1. The number of benzene rings is 1. The quantitative estimate of drug-likeness (QED) is 0.337. The zero-order chi connectivity index (χ0) is 18.8. The standard InChI is InChI=1S/C20H32FN3O2.HI/c1-4-22-20(24(3)11-8-16-9-12-25-13-10-16)23-15-17-6-7-19(26-5-2)18(21)14-17;/h6-7,14,16H,4-5,8-13,15H2,1-3H3,(H,22,23);1H. The Balaban J connectivity index is 0.00000364. The molecule has 1 N–H and O–H groups in total. The SMILES string of the molecule is CCNC(=NCc1ccc(OCC)c(F)c1)N(C)CCC1CCOCC1.I. The Morgan fingerprint density at radius 2 is 2.07 bits per heavy atom. The van der Waals surface area contributed by atoms with Crippen LogP contribution >= 0.6 is 24.0 Å². The van der Waals surface area contributed by atoms with Gasteiger partial charge in [0.2, 0.25) is 0 Å². The van der Waals surface area contributed by atoms with Crippen molar-refractivity contribution >= 4 is 29.9 Å². The molecule has 1 aliphatic heterocycles. The first-order valence-corrected chi connectivity index (χ1v) is 9.62. The van der Waals surface area contributed by atoms with Crippen LogP contribution in [0.15, 0.2) is 23.2 Å². The van der Waals surface area contributed by atoms with Gasteiger partial charge >= 0.3 is 0 Å². The zero-order valence-electron chi connectivity index (χ0n) is 16.7. The molecule has 2 rings (SSSR count). The number of ether oxygens (including phenoxy) is 2. The molecule has 0 aromatic heterocycles. The monoisotopic (exact) mass is 493 g/mol. The van der Waals surface area contributed by atoms with E-state index >= 15 is 0 Å². The van der Waals surface area contributed by atoms with Gasteiger partial charge in [0.05, 0.1) is 13.2 Å². The molecule has 0 bridgehead atoms. The lowest BCUT2D eigenvalue weighted by Gasteiger charge is -2.26. The summed E-state index contributed by atoms with van der Waals surface area (Å²) in [6.45, 7) is 8.31. The smallest absolute Gasteiger partial charge is 0.193 e. The van der Waals surface area contributed by atoms with Crippen molar-refractivity contribution in [3.8, 4) is 5.75 Å². The molecule has 0 radical (unpaired) electrons. The van der Waals surface area contributed by atoms with Crippen LogP contribution in [0.1, 0.15) is 38.7 Å². The largest absolute Gasteiger partial charge is 0.491 e. The van der Waals surface area contributed by atoms with E-state index in [0.29, 0.717) is 18.9 Å². The van der Waals surface area contributed by atoms with Gasteiger partial charge in [0, 0.05) is 33.4 Å². The first-order chi connectivity index (χ1) is 12.6. The molecule has 1 heterocycles. The average Bonchev–Trinajstić information content (AvgIpc) is 2.66. The maximum atomic E-state index is 14.0. The first-order valence-electron chi connectivity index (χ1n) is 9.62. The lowest BCUT2D eigenvalue weighted by atomic mass is 9.96. The molecule has 5 nitrogen and oxygen atoms in total. The molecule has 1 fully saturated rings. The van der Waals surface area contributed by atoms with Gasteiger partial charge in [-0.25, -0.2) is 9.38 Å². The van der Waals surface area contributed by atoms with Crippen molar-refractivity contribution < 1.29 is 13.9 Å². The van der Waals surface area contributed by atoms with Crippen LogP contribution in [0.25, 0.3) is 0 Å². The molecule has 0 spiro atoms. The van der Waals surface area contributed by atoms with Crippen molar-refractivity contribution in [3.05, 3.63) is 29.6 Å². The van der Waals surface area contributed by atoms with Gasteiger partial charge in [0.15, 0.2) is 17.5 Å². The van der Waals surface area contributed by atoms with Crippen LogP contribution in [0, 0.1) is 11.7 Å². The minimum absolute atomic E-state index is 0. The molecule has 1 aliphatic rings. The van der Waals surface area contributed by atoms with Gasteiger partial charge in [-0.15, -0.1) is 24.0 Å². The van der Waals surface area contributed by atoms with E-state index in [1.807, 2.05) is 13.0 Å². The minimum atomic E-state index is -0.336. The van der Waals surface area contributed by atoms with Crippen LogP contribution < -0.4 is 10.1 Å². The highest BCUT2D eigenvalue weighted by Crippen LogP contribution is 2.20. The maximum Gasteiger partial charge on any atom is 0.193 e. The Kier molecular flexibility index (Phi) is 11.7. The third kappa shape index (κ3) is 8.21. The van der Waals surface area contributed by atoms with Crippen LogP contribution in [0.4, 0.5) is 4.39 Å². The number of rotatable bonds is 8. The summed E-state index contributed by atoms with van der Waals surface area (Å²) in [6, 6.07) is 5.04. The summed E-state index contributed by atoms with van der Waals surface area (Å²) >= 11 is 0. The molecule has 0 saturated carbocycles. The molecule has 0 unspecified atom stereocenters. The number of nitrogens with one attached hydrogen (secondary N) is 1. The number of hydrogen-bond donors (Lipinski definition) is 1. The van der Waals surface area contributed by atoms with Crippen LogP contribution in [0.3, 0.4) is 0 Å². The van der Waals surface area contributed by atoms with Crippen LogP contribution in [-0.4, -0.2) is 50.8 Å². The summed E-state index contributed by atoms with van der Waals surface area (Å²) in [5.41, 5.74) is 0.833. The molecular formula is C20H33FIN3O2. The summed E-state index contributed by atoms with van der Waals surface area (Å²) in [5.74, 6) is 1.54. The Morgan fingerprint density at radius 3 is 2.70 bits per heavy atom. The van der Waals surface area contributed by atoms with Crippen molar-refractivity contribution in [1.82, 2.24) is 10.2 Å². The first kappa shape index (κ1) is 23.9. The van der Waals surface area contributed by atoms with Crippen molar-refractivity contribution in [2.75, 3.05) is 40.0 Å². The van der Waals surface area contributed by atoms with Gasteiger partial charge in [0.1, 0.15) is 0 Å². The van der Waals surface area contributed by atoms with E-state index in [-0.39, 0.29) is 29.8 Å². The van der Waals surface area contributed by atoms with E-state index in [2.05, 4.69) is 29.2 Å². The van der Waals surface area contributed by atoms with Crippen molar-refractivity contribution in [2.24, 2.45) is 10.9 Å². The van der Waals surface area contributed by atoms with Gasteiger partial charge < -0.3 is 19.7 Å². The molecule has 7 heteroatoms. The Bertz CT molecular complexity index is 580. The number of nitrogens with zero attached hydrogens (tertiary/aromatic N) is 2. The third-order valence-corrected chi connectivity index (χ3v) is 4.62. The molecule has 1 aromatic rings. The fourth-order valence-electron chi connectivity index (χ4n) is 3.07. The summed E-state index contributed by atoms with van der Waals surface area (Å²) in [7, 11) is 2.06. The second-order valence-electron chi connectivity index (χ2n) is 6.63. The molecule has 1 aromatic carbocycles. The molecule has 0 aliphatic carbocycles. The molecule has 0 amide bonds. The molecule has 1 saturated heterocycles. The minimum Gasteiger partial charge on any atom is -0.491 e. The third-order valence-electron chi connectivity index (χ3n) is 4.62. The average molecular weight is 493 g/mol. The van der Waals surface area contributed by atoms with Crippen molar-refractivity contribution in [2.45, 2.75) is 39.7 Å². The molecular weight excluding hydrogens is 460 g/mol. The van der Waals surface area contributed by atoms with E-state index in [9.17, 15) is 4.39 Å². The van der Waals surface area contributed by atoms with Gasteiger partial charge in [-0.2, -0.15) is 0 Å². The highest BCUT2D eigenvalue weighted by Gasteiger charge is 2.15. The maximum absolute atomic E-state index is 14.0. The van der Waals surface area contributed by atoms with Crippen LogP contribution in [0.2, 0.25) is 0 Å². The molecule has 154 valence electrons. The molecule has 27 heavy (non-hydrogen) atoms. The summed E-state index contributed by atoms with van der Waals surface area (Å²) in [5, 5.41) is 3.32. The van der Waals surface area contributed by atoms with Gasteiger partial charge in [-0.3, -0.25) is 0 Å². The molecule has 0 atom stereocenters. The van der Waals surface area contributed by atoms with E-state index < -0.39 is 0 Å². The lowest BCUT2D eigenvalue weighted by molar-refractivity contribution is 0.0625. The van der Waals surface area contributed by atoms with Gasteiger partial charge in [0.25, 0.3) is 0 Å². The van der Waals surface area contributed by atoms with Crippen LogP contribution in [-0.2, 0) is 11.3 Å². The van der Waals surface area contributed by atoms with Crippen LogP contribution in [0.5, 0.6) is 5.75 Å². The fourth-order valence-corrected chi connectivity index (χ4v) is 3.07.